The minimum absolute atomic E-state index is 0.229. The summed E-state index contributed by atoms with van der Waals surface area (Å²) in [6.07, 6.45) is -1.75. The van der Waals surface area contributed by atoms with E-state index in [0.717, 1.165) is 21.1 Å². The number of aromatic nitrogens is 5. The van der Waals surface area contributed by atoms with Crippen LogP contribution in [0.25, 0.3) is 0 Å². The standard InChI is InChI=1S/C18H17F4N7O/c19-14-1-3-15(4-2-14)26-5-7-27(8-6-26)16-23-11-28(17(30)25-16)12-29-10-13(9-24-29)18(20,21)22/h1-4,9-11H,5-8,12H2. The van der Waals surface area contributed by atoms with Gasteiger partial charge in [-0.25, -0.2) is 14.2 Å². The minimum Gasteiger partial charge on any atom is -0.368 e. The number of nitrogens with zero attached hydrogens (tertiary/aromatic N) is 7. The number of rotatable bonds is 4. The Morgan fingerprint density at radius 1 is 1.00 bits per heavy atom. The van der Waals surface area contributed by atoms with Crippen LogP contribution in [0.2, 0.25) is 0 Å². The first kappa shape index (κ1) is 19.9. The van der Waals surface area contributed by atoms with Crippen molar-refractivity contribution in [2.75, 3.05) is 36.0 Å². The Balaban J connectivity index is 1.40. The Hall–Kier alpha value is -3.44. The van der Waals surface area contributed by atoms with Gasteiger partial charge in [-0.2, -0.15) is 23.3 Å². The first-order chi connectivity index (χ1) is 14.3. The van der Waals surface area contributed by atoms with Crippen molar-refractivity contribution in [1.29, 1.82) is 0 Å². The zero-order valence-corrected chi connectivity index (χ0v) is 15.6. The van der Waals surface area contributed by atoms with Crippen LogP contribution in [0.3, 0.4) is 0 Å². The lowest BCUT2D eigenvalue weighted by atomic mass is 10.2. The molecule has 0 bridgehead atoms. The lowest BCUT2D eigenvalue weighted by Gasteiger charge is -2.36. The first-order valence-corrected chi connectivity index (χ1v) is 9.08. The molecule has 0 aliphatic carbocycles. The van der Waals surface area contributed by atoms with E-state index in [0.29, 0.717) is 32.4 Å². The van der Waals surface area contributed by atoms with Gasteiger partial charge in [0, 0.05) is 38.1 Å². The molecule has 4 rings (SSSR count). The van der Waals surface area contributed by atoms with Crippen molar-refractivity contribution in [2.24, 2.45) is 0 Å². The maximum Gasteiger partial charge on any atom is 0.419 e. The molecule has 158 valence electrons. The summed E-state index contributed by atoms with van der Waals surface area (Å²) >= 11 is 0. The number of hydrogen-bond donors (Lipinski definition) is 0. The second-order valence-corrected chi connectivity index (χ2v) is 6.77. The number of piperazine rings is 1. The molecule has 1 aliphatic rings. The molecule has 3 aromatic rings. The molecule has 0 saturated carbocycles. The zero-order chi connectivity index (χ0) is 21.3. The third-order valence-electron chi connectivity index (χ3n) is 4.77. The van der Waals surface area contributed by atoms with E-state index < -0.39 is 17.4 Å². The highest BCUT2D eigenvalue weighted by atomic mass is 19.4. The van der Waals surface area contributed by atoms with E-state index >= 15 is 0 Å². The maximum atomic E-state index is 13.1. The van der Waals surface area contributed by atoms with Gasteiger partial charge < -0.3 is 9.80 Å². The van der Waals surface area contributed by atoms with Gasteiger partial charge >= 0.3 is 11.9 Å². The Bertz CT molecular complexity index is 1070. The maximum absolute atomic E-state index is 13.1. The molecule has 0 radical (unpaired) electrons. The first-order valence-electron chi connectivity index (χ1n) is 9.08. The molecule has 1 saturated heterocycles. The number of hydrogen-bond acceptors (Lipinski definition) is 6. The monoisotopic (exact) mass is 423 g/mol. The predicted octanol–water partition coefficient (Wildman–Crippen LogP) is 1.83. The summed E-state index contributed by atoms with van der Waals surface area (Å²) in [5.41, 5.74) is -0.623. The summed E-state index contributed by atoms with van der Waals surface area (Å²) in [6, 6.07) is 6.23. The average Bonchev–Trinajstić information content (AvgIpc) is 3.20. The molecule has 3 heterocycles. The molecule has 0 atom stereocenters. The van der Waals surface area contributed by atoms with Crippen molar-refractivity contribution in [3.63, 3.8) is 0 Å². The second-order valence-electron chi connectivity index (χ2n) is 6.77. The number of halogens is 4. The van der Waals surface area contributed by atoms with Crippen LogP contribution in [-0.4, -0.2) is 50.5 Å². The van der Waals surface area contributed by atoms with Crippen molar-refractivity contribution in [2.45, 2.75) is 12.8 Å². The second kappa shape index (κ2) is 7.76. The highest BCUT2D eigenvalue weighted by Crippen LogP contribution is 2.28. The molecule has 30 heavy (non-hydrogen) atoms. The molecule has 2 aromatic heterocycles. The van der Waals surface area contributed by atoms with Crippen molar-refractivity contribution in [3.05, 3.63) is 64.9 Å². The van der Waals surface area contributed by atoms with Gasteiger partial charge in [0.2, 0.25) is 5.95 Å². The predicted molar refractivity (Wildman–Crippen MR) is 99.7 cm³/mol. The Kier molecular flexibility index (Phi) is 5.14. The van der Waals surface area contributed by atoms with Crippen molar-refractivity contribution in [3.8, 4) is 0 Å². The third kappa shape index (κ3) is 4.26. The summed E-state index contributed by atoms with van der Waals surface area (Å²) in [4.78, 5) is 24.3. The minimum atomic E-state index is -4.50. The topological polar surface area (TPSA) is 72.1 Å². The van der Waals surface area contributed by atoms with E-state index in [1.165, 1.54) is 18.5 Å². The van der Waals surface area contributed by atoms with Crippen LogP contribution in [0.4, 0.5) is 29.2 Å². The quantitative estimate of drug-likeness (QED) is 0.597. The number of alkyl halides is 3. The van der Waals surface area contributed by atoms with Gasteiger partial charge in [-0.1, -0.05) is 0 Å². The Labute approximate surface area is 168 Å². The highest BCUT2D eigenvalue weighted by Gasteiger charge is 2.32. The van der Waals surface area contributed by atoms with Crippen LogP contribution in [0.15, 0.2) is 47.8 Å². The molecule has 12 heteroatoms. The van der Waals surface area contributed by atoms with Crippen LogP contribution in [-0.2, 0) is 12.8 Å². The molecule has 1 aliphatic heterocycles. The van der Waals surface area contributed by atoms with E-state index in [1.807, 2.05) is 4.90 Å². The number of anilines is 2. The van der Waals surface area contributed by atoms with E-state index in [-0.39, 0.29) is 18.4 Å². The van der Waals surface area contributed by atoms with Crippen LogP contribution in [0, 0.1) is 5.82 Å². The van der Waals surface area contributed by atoms with Gasteiger partial charge in [0.1, 0.15) is 18.8 Å². The smallest absolute Gasteiger partial charge is 0.368 e. The third-order valence-corrected chi connectivity index (χ3v) is 4.77. The van der Waals surface area contributed by atoms with Gasteiger partial charge in [0.15, 0.2) is 0 Å². The van der Waals surface area contributed by atoms with Crippen LogP contribution in [0.5, 0.6) is 0 Å². The van der Waals surface area contributed by atoms with Gasteiger partial charge in [-0.15, -0.1) is 0 Å². The summed E-state index contributed by atoms with van der Waals surface area (Å²) in [6.45, 7) is 2.19. The van der Waals surface area contributed by atoms with E-state index in [9.17, 15) is 22.4 Å². The summed E-state index contributed by atoms with van der Waals surface area (Å²) in [7, 11) is 0. The van der Waals surface area contributed by atoms with Crippen LogP contribution >= 0.6 is 0 Å². The lowest BCUT2D eigenvalue weighted by molar-refractivity contribution is -0.137. The number of benzene rings is 1. The Morgan fingerprint density at radius 2 is 1.67 bits per heavy atom. The SMILES string of the molecule is O=c1nc(N2CCN(c3ccc(F)cc3)CC2)ncn1Cn1cc(C(F)(F)F)cn1. The van der Waals surface area contributed by atoms with E-state index in [2.05, 4.69) is 20.0 Å². The largest absolute Gasteiger partial charge is 0.419 e. The van der Waals surface area contributed by atoms with Crippen LogP contribution < -0.4 is 15.5 Å². The van der Waals surface area contributed by atoms with Gasteiger partial charge in [0.05, 0.1) is 11.8 Å². The summed E-state index contributed by atoms with van der Waals surface area (Å²) < 4.78 is 53.1. The van der Waals surface area contributed by atoms with Crippen molar-refractivity contribution >= 4 is 11.6 Å². The van der Waals surface area contributed by atoms with Gasteiger partial charge in [-0.3, -0.25) is 9.25 Å². The molecular weight excluding hydrogens is 406 g/mol. The van der Waals surface area contributed by atoms with Crippen LogP contribution in [0.1, 0.15) is 5.56 Å². The van der Waals surface area contributed by atoms with E-state index in [1.54, 1.807) is 12.1 Å². The molecule has 1 fully saturated rings. The van der Waals surface area contributed by atoms with E-state index in [4.69, 9.17) is 0 Å². The van der Waals surface area contributed by atoms with Crippen molar-refractivity contribution < 1.29 is 17.6 Å². The van der Waals surface area contributed by atoms with Crippen molar-refractivity contribution in [1.82, 2.24) is 24.3 Å². The van der Waals surface area contributed by atoms with Gasteiger partial charge in [0.25, 0.3) is 0 Å². The molecule has 1 aromatic carbocycles. The molecule has 0 N–H and O–H groups in total. The fraction of sp³-hybridized carbons (Fsp3) is 0.333. The molecule has 8 nitrogen and oxygen atoms in total. The zero-order valence-electron chi connectivity index (χ0n) is 15.6. The Morgan fingerprint density at radius 3 is 2.27 bits per heavy atom. The lowest BCUT2D eigenvalue weighted by Crippen LogP contribution is -2.47. The average molecular weight is 423 g/mol. The van der Waals surface area contributed by atoms with Gasteiger partial charge in [-0.05, 0) is 24.3 Å². The fourth-order valence-electron chi connectivity index (χ4n) is 3.16. The summed E-state index contributed by atoms with van der Waals surface area (Å²) in [5, 5.41) is 3.62. The highest BCUT2D eigenvalue weighted by molar-refractivity contribution is 5.48. The summed E-state index contributed by atoms with van der Waals surface area (Å²) in [5.74, 6) is -0.0393. The molecule has 0 amide bonds. The molecular formula is C18H17F4N7O. The normalized spacial score (nSPS) is 14.9. The molecule has 0 spiro atoms. The fourth-order valence-corrected chi connectivity index (χ4v) is 3.16. The molecule has 0 unspecified atom stereocenters.